The van der Waals surface area contributed by atoms with Gasteiger partial charge in [0, 0.05) is 6.07 Å². The highest BCUT2D eigenvalue weighted by Crippen LogP contribution is 2.25. The summed E-state index contributed by atoms with van der Waals surface area (Å²) < 4.78 is 29.4. The van der Waals surface area contributed by atoms with Crippen molar-refractivity contribution in [2.45, 2.75) is 18.7 Å². The topological polar surface area (TPSA) is 128 Å². The van der Waals surface area contributed by atoms with Gasteiger partial charge in [-0.1, -0.05) is 18.2 Å². The third-order valence-corrected chi connectivity index (χ3v) is 4.78. The molecule has 10 heteroatoms. The summed E-state index contributed by atoms with van der Waals surface area (Å²) in [6.45, 7) is 3.02. The number of ether oxygens (including phenoxy) is 1. The molecule has 9 nitrogen and oxygen atoms in total. The molecule has 0 aliphatic heterocycles. The van der Waals surface area contributed by atoms with E-state index in [1.165, 1.54) is 36.4 Å². The Bertz CT molecular complexity index is 943. The van der Waals surface area contributed by atoms with E-state index in [4.69, 9.17) is 4.74 Å². The van der Waals surface area contributed by atoms with E-state index in [9.17, 15) is 23.3 Å². The zero-order valence-corrected chi connectivity index (χ0v) is 14.9. The number of nitrogens with one attached hydrogen (secondary N) is 2. The number of aryl methyl sites for hydroxylation is 2. The van der Waals surface area contributed by atoms with Gasteiger partial charge in [0.05, 0.1) is 9.82 Å². The van der Waals surface area contributed by atoms with Gasteiger partial charge in [-0.2, -0.15) is 0 Å². The highest BCUT2D eigenvalue weighted by atomic mass is 32.2. The van der Waals surface area contributed by atoms with Crippen LogP contribution in [0.1, 0.15) is 11.1 Å². The Morgan fingerprint density at radius 1 is 1.15 bits per heavy atom. The molecule has 0 heterocycles. The number of amides is 1. The Labute approximate surface area is 150 Å². The van der Waals surface area contributed by atoms with E-state index < -0.39 is 27.5 Å². The number of nitro benzene ring substituents is 1. The lowest BCUT2D eigenvalue weighted by Crippen LogP contribution is -2.43. The number of hydrazine groups is 1. The molecule has 2 N–H and O–H groups in total. The second kappa shape index (κ2) is 7.93. The van der Waals surface area contributed by atoms with Crippen LogP contribution in [0.3, 0.4) is 0 Å². The number of para-hydroxylation sites is 2. The SMILES string of the molecule is Cc1ccc(S(=O)(=O)NNC(=O)COc2ccccc2[N+](=O)[O-])cc1C. The van der Waals surface area contributed by atoms with Crippen LogP contribution in [0.5, 0.6) is 5.75 Å². The summed E-state index contributed by atoms with van der Waals surface area (Å²) in [7, 11) is -3.94. The molecular formula is C16H17N3O6S. The largest absolute Gasteiger partial charge is 0.477 e. The van der Waals surface area contributed by atoms with Crippen LogP contribution in [0.25, 0.3) is 0 Å². The van der Waals surface area contributed by atoms with E-state index in [1.807, 2.05) is 17.2 Å². The highest BCUT2D eigenvalue weighted by Gasteiger charge is 2.18. The molecular weight excluding hydrogens is 362 g/mol. The molecule has 0 saturated heterocycles. The first-order chi connectivity index (χ1) is 12.2. The summed E-state index contributed by atoms with van der Waals surface area (Å²) in [5.74, 6) is -0.903. The second-order valence-corrected chi connectivity index (χ2v) is 7.10. The molecule has 0 atom stereocenters. The summed E-state index contributed by atoms with van der Waals surface area (Å²) in [6.07, 6.45) is 0. The van der Waals surface area contributed by atoms with Crippen molar-refractivity contribution in [1.82, 2.24) is 10.3 Å². The maximum atomic E-state index is 12.2. The van der Waals surface area contributed by atoms with Gasteiger partial charge in [-0.25, -0.2) is 8.42 Å². The predicted octanol–water partition coefficient (Wildman–Crippen LogP) is 1.60. The van der Waals surface area contributed by atoms with Crippen LogP contribution in [0.2, 0.25) is 0 Å². The molecule has 2 rings (SSSR count). The third-order valence-electron chi connectivity index (χ3n) is 3.53. The Morgan fingerprint density at radius 3 is 2.50 bits per heavy atom. The molecule has 0 bridgehead atoms. The number of benzene rings is 2. The normalized spacial score (nSPS) is 11.0. The summed E-state index contributed by atoms with van der Waals surface area (Å²) in [6, 6.07) is 10.1. The van der Waals surface area contributed by atoms with E-state index in [0.717, 1.165) is 11.1 Å². The summed E-state index contributed by atoms with van der Waals surface area (Å²) in [4.78, 5) is 23.9. The minimum absolute atomic E-state index is 0.000477. The molecule has 2 aromatic rings. The van der Waals surface area contributed by atoms with Crippen LogP contribution < -0.4 is 15.0 Å². The summed E-state index contributed by atoms with van der Waals surface area (Å²) >= 11 is 0. The molecule has 0 spiro atoms. The first-order valence-electron chi connectivity index (χ1n) is 7.45. The second-order valence-electron chi connectivity index (χ2n) is 5.41. The Balaban J connectivity index is 1.96. The zero-order chi connectivity index (χ0) is 19.3. The number of nitro groups is 1. The van der Waals surface area contributed by atoms with Crippen LogP contribution in [0, 0.1) is 24.0 Å². The van der Waals surface area contributed by atoms with Crippen molar-refractivity contribution in [2.24, 2.45) is 0 Å². The van der Waals surface area contributed by atoms with Crippen molar-refractivity contribution in [3.8, 4) is 5.75 Å². The van der Waals surface area contributed by atoms with Gasteiger partial charge in [0.25, 0.3) is 15.9 Å². The maximum Gasteiger partial charge on any atom is 0.310 e. The average Bonchev–Trinajstić information content (AvgIpc) is 2.60. The number of carbonyl (C=O) groups is 1. The van der Waals surface area contributed by atoms with Gasteiger partial charge in [-0.05, 0) is 43.2 Å². The zero-order valence-electron chi connectivity index (χ0n) is 14.1. The molecule has 2 aromatic carbocycles. The Hall–Kier alpha value is -2.98. The fourth-order valence-electron chi connectivity index (χ4n) is 1.97. The molecule has 0 aromatic heterocycles. The van der Waals surface area contributed by atoms with E-state index in [1.54, 1.807) is 13.0 Å². The van der Waals surface area contributed by atoms with Crippen LogP contribution in [-0.4, -0.2) is 25.9 Å². The number of sulfonamides is 1. The first kappa shape index (κ1) is 19.3. The van der Waals surface area contributed by atoms with Crippen molar-refractivity contribution in [1.29, 1.82) is 0 Å². The van der Waals surface area contributed by atoms with Gasteiger partial charge < -0.3 is 4.74 Å². The van der Waals surface area contributed by atoms with Gasteiger partial charge in [-0.15, -0.1) is 4.83 Å². The number of carbonyl (C=O) groups excluding carboxylic acids is 1. The monoisotopic (exact) mass is 379 g/mol. The minimum Gasteiger partial charge on any atom is -0.477 e. The number of rotatable bonds is 7. The molecule has 0 radical (unpaired) electrons. The summed E-state index contributed by atoms with van der Waals surface area (Å²) in [5.41, 5.74) is 3.43. The maximum absolute atomic E-state index is 12.2. The van der Waals surface area contributed by atoms with Gasteiger partial charge in [-0.3, -0.25) is 20.3 Å². The van der Waals surface area contributed by atoms with Crippen molar-refractivity contribution in [2.75, 3.05) is 6.61 Å². The molecule has 0 aliphatic carbocycles. The third kappa shape index (κ3) is 4.77. The number of nitrogens with zero attached hydrogens (tertiary/aromatic N) is 1. The van der Waals surface area contributed by atoms with Crippen LogP contribution in [0.15, 0.2) is 47.4 Å². The van der Waals surface area contributed by atoms with E-state index >= 15 is 0 Å². The van der Waals surface area contributed by atoms with Crippen LogP contribution >= 0.6 is 0 Å². The fraction of sp³-hybridized carbons (Fsp3) is 0.188. The van der Waals surface area contributed by atoms with Gasteiger partial charge in [0.1, 0.15) is 0 Å². The van der Waals surface area contributed by atoms with E-state index in [-0.39, 0.29) is 16.3 Å². The lowest BCUT2D eigenvalue weighted by atomic mass is 10.1. The molecule has 0 unspecified atom stereocenters. The molecule has 0 saturated carbocycles. The average molecular weight is 379 g/mol. The van der Waals surface area contributed by atoms with Gasteiger partial charge in [0.2, 0.25) is 0 Å². The van der Waals surface area contributed by atoms with Gasteiger partial charge >= 0.3 is 5.69 Å². The molecule has 0 fully saturated rings. The van der Waals surface area contributed by atoms with Crippen molar-refractivity contribution in [3.05, 3.63) is 63.7 Å². The fourth-order valence-corrected chi connectivity index (χ4v) is 2.92. The highest BCUT2D eigenvalue weighted by molar-refractivity contribution is 7.89. The van der Waals surface area contributed by atoms with Crippen molar-refractivity contribution < 1.29 is 22.9 Å². The molecule has 0 aliphatic rings. The number of hydrogen-bond acceptors (Lipinski definition) is 6. The van der Waals surface area contributed by atoms with Crippen molar-refractivity contribution in [3.63, 3.8) is 0 Å². The summed E-state index contributed by atoms with van der Waals surface area (Å²) in [5, 5.41) is 10.9. The first-order valence-corrected chi connectivity index (χ1v) is 8.93. The number of hydrogen-bond donors (Lipinski definition) is 2. The smallest absolute Gasteiger partial charge is 0.310 e. The van der Waals surface area contributed by atoms with Crippen molar-refractivity contribution >= 4 is 21.6 Å². The lowest BCUT2D eigenvalue weighted by Gasteiger charge is -2.10. The van der Waals surface area contributed by atoms with Gasteiger partial charge in [0.15, 0.2) is 12.4 Å². The van der Waals surface area contributed by atoms with Crippen LogP contribution in [0.4, 0.5) is 5.69 Å². The van der Waals surface area contributed by atoms with Crippen LogP contribution in [-0.2, 0) is 14.8 Å². The molecule has 138 valence electrons. The minimum atomic E-state index is -3.94. The quantitative estimate of drug-likeness (QED) is 0.555. The molecule has 1 amide bonds. The molecule has 26 heavy (non-hydrogen) atoms. The standard InChI is InChI=1S/C16H17N3O6S/c1-11-7-8-13(9-12(11)2)26(23,24)18-17-16(20)10-25-15-6-4-3-5-14(15)19(21)22/h3-9,18H,10H2,1-2H3,(H,17,20). The van der Waals surface area contributed by atoms with E-state index in [0.29, 0.717) is 0 Å². The Kier molecular flexibility index (Phi) is 5.90. The Morgan fingerprint density at radius 2 is 1.85 bits per heavy atom. The van der Waals surface area contributed by atoms with E-state index in [2.05, 4.69) is 0 Å². The lowest BCUT2D eigenvalue weighted by molar-refractivity contribution is -0.385. The predicted molar refractivity (Wildman–Crippen MR) is 93.0 cm³/mol.